The van der Waals surface area contributed by atoms with Crippen molar-refractivity contribution in [1.82, 2.24) is 4.98 Å². The van der Waals surface area contributed by atoms with Gasteiger partial charge < -0.3 is 0 Å². The zero-order valence-electron chi connectivity index (χ0n) is 9.48. The second-order valence-electron chi connectivity index (χ2n) is 4.34. The predicted molar refractivity (Wildman–Crippen MR) is 80.8 cm³/mol. The van der Waals surface area contributed by atoms with Crippen LogP contribution in [0.25, 0.3) is 11.3 Å². The molecule has 94 valence electrons. The van der Waals surface area contributed by atoms with Gasteiger partial charge in [-0.1, -0.05) is 42.1 Å². The quantitative estimate of drug-likeness (QED) is 0.575. The first-order valence-electron chi connectivity index (χ1n) is 5.67. The molecule has 1 aliphatic carbocycles. The first-order chi connectivity index (χ1) is 8.65. The smallest absolute Gasteiger partial charge is 0.150 e. The number of alkyl halides is 2. The van der Waals surface area contributed by atoms with Crippen molar-refractivity contribution in [2.75, 3.05) is 5.75 Å². The number of halogens is 2. The highest BCUT2D eigenvalue weighted by Gasteiger charge is 2.51. The van der Waals surface area contributed by atoms with E-state index >= 15 is 0 Å². The molecule has 0 saturated heterocycles. The summed E-state index contributed by atoms with van der Waals surface area (Å²) in [5.41, 5.74) is 2.21. The van der Waals surface area contributed by atoms with Gasteiger partial charge in [-0.25, -0.2) is 4.98 Å². The lowest BCUT2D eigenvalue weighted by molar-refractivity contribution is 0.978. The van der Waals surface area contributed by atoms with Gasteiger partial charge in [-0.2, -0.15) is 0 Å². The Morgan fingerprint density at radius 2 is 2.06 bits per heavy atom. The lowest BCUT2D eigenvalue weighted by Crippen LogP contribution is -1.92. The van der Waals surface area contributed by atoms with E-state index in [1.165, 1.54) is 0 Å². The summed E-state index contributed by atoms with van der Waals surface area (Å²) in [5, 5.41) is 2.10. The van der Waals surface area contributed by atoms with Crippen LogP contribution in [0.1, 0.15) is 6.42 Å². The normalized spacial score (nSPS) is 20.9. The largest absolute Gasteiger partial charge is 0.230 e. The number of rotatable bonds is 4. The topological polar surface area (TPSA) is 12.9 Å². The third-order valence-electron chi connectivity index (χ3n) is 2.92. The van der Waals surface area contributed by atoms with Crippen molar-refractivity contribution in [2.45, 2.75) is 15.1 Å². The van der Waals surface area contributed by atoms with E-state index in [1.807, 2.05) is 18.2 Å². The molecule has 1 aromatic heterocycles. The Labute approximate surface area is 125 Å². The fraction of sp³-hybridized carbons (Fsp3) is 0.308. The van der Waals surface area contributed by atoms with Gasteiger partial charge in [0.15, 0.2) is 4.34 Å². The highest BCUT2D eigenvalue weighted by atomic mass is 35.5. The maximum Gasteiger partial charge on any atom is 0.150 e. The molecule has 3 rings (SSSR count). The van der Waals surface area contributed by atoms with Gasteiger partial charge >= 0.3 is 0 Å². The van der Waals surface area contributed by atoms with Gasteiger partial charge in [-0.3, -0.25) is 0 Å². The minimum Gasteiger partial charge on any atom is -0.230 e. The Hall–Kier alpha value is -0.220. The summed E-state index contributed by atoms with van der Waals surface area (Å²) in [4.78, 5) is 4.62. The van der Waals surface area contributed by atoms with E-state index in [1.54, 1.807) is 23.1 Å². The van der Waals surface area contributed by atoms with Crippen LogP contribution in [0.4, 0.5) is 0 Å². The number of hydrogen-bond donors (Lipinski definition) is 0. The number of thiazole rings is 1. The molecule has 0 radical (unpaired) electrons. The lowest BCUT2D eigenvalue weighted by Gasteiger charge is -1.97. The fourth-order valence-corrected chi connectivity index (χ4v) is 4.48. The maximum atomic E-state index is 6.01. The van der Waals surface area contributed by atoms with Gasteiger partial charge in [-0.05, 0) is 6.42 Å². The molecule has 2 aromatic rings. The van der Waals surface area contributed by atoms with Gasteiger partial charge in [0.2, 0.25) is 0 Å². The van der Waals surface area contributed by atoms with Crippen molar-refractivity contribution in [3.8, 4) is 11.3 Å². The average molecular weight is 316 g/mol. The standard InChI is InChI=1S/C13H11Cl2NS2/c14-13(15)6-10(13)7-17-12-16-11(8-18-12)9-4-2-1-3-5-9/h1-5,8,10H,6-7H2. The van der Waals surface area contributed by atoms with Crippen molar-refractivity contribution in [1.29, 1.82) is 0 Å². The molecule has 1 aromatic carbocycles. The molecule has 1 aliphatic rings. The van der Waals surface area contributed by atoms with Gasteiger partial charge in [0, 0.05) is 22.6 Å². The molecule has 1 fully saturated rings. The lowest BCUT2D eigenvalue weighted by atomic mass is 10.2. The average Bonchev–Trinajstić information content (AvgIpc) is 2.79. The van der Waals surface area contributed by atoms with Crippen LogP contribution >= 0.6 is 46.3 Å². The zero-order chi connectivity index (χ0) is 12.6. The Morgan fingerprint density at radius 1 is 1.33 bits per heavy atom. The predicted octanol–water partition coefficient (Wildman–Crippen LogP) is 5.10. The number of benzene rings is 1. The summed E-state index contributed by atoms with van der Waals surface area (Å²) in [6, 6.07) is 10.2. The van der Waals surface area contributed by atoms with Crippen molar-refractivity contribution in [3.05, 3.63) is 35.7 Å². The van der Waals surface area contributed by atoms with E-state index in [-0.39, 0.29) is 0 Å². The summed E-state index contributed by atoms with van der Waals surface area (Å²) < 4.78 is 0.608. The second kappa shape index (κ2) is 5.04. The Morgan fingerprint density at radius 3 is 2.72 bits per heavy atom. The number of nitrogens with zero attached hydrogens (tertiary/aromatic N) is 1. The first-order valence-corrected chi connectivity index (χ1v) is 8.29. The van der Waals surface area contributed by atoms with Crippen molar-refractivity contribution >= 4 is 46.3 Å². The van der Waals surface area contributed by atoms with Gasteiger partial charge in [0.1, 0.15) is 4.33 Å². The molecule has 1 heterocycles. The third kappa shape index (κ3) is 2.85. The SMILES string of the molecule is ClC1(Cl)CC1CSc1nc(-c2ccccc2)cs1. The molecule has 5 heteroatoms. The van der Waals surface area contributed by atoms with Crippen LogP contribution in [0.15, 0.2) is 40.1 Å². The summed E-state index contributed by atoms with van der Waals surface area (Å²) in [7, 11) is 0. The van der Waals surface area contributed by atoms with E-state index in [0.29, 0.717) is 5.92 Å². The van der Waals surface area contributed by atoms with E-state index in [9.17, 15) is 0 Å². The first kappa shape index (κ1) is 12.8. The number of thioether (sulfide) groups is 1. The van der Waals surface area contributed by atoms with E-state index < -0.39 is 4.33 Å². The molecule has 0 N–H and O–H groups in total. The number of aromatic nitrogens is 1. The molecular weight excluding hydrogens is 305 g/mol. The van der Waals surface area contributed by atoms with E-state index in [0.717, 1.165) is 27.8 Å². The van der Waals surface area contributed by atoms with Crippen LogP contribution in [0, 0.1) is 5.92 Å². The number of hydrogen-bond acceptors (Lipinski definition) is 3. The molecule has 0 bridgehead atoms. The molecule has 18 heavy (non-hydrogen) atoms. The fourth-order valence-electron chi connectivity index (χ4n) is 1.69. The van der Waals surface area contributed by atoms with Crippen molar-refractivity contribution in [2.24, 2.45) is 5.92 Å². The minimum atomic E-state index is -0.480. The molecule has 0 amide bonds. The summed E-state index contributed by atoms with van der Waals surface area (Å²) in [6.45, 7) is 0. The Kier molecular flexibility index (Phi) is 3.59. The van der Waals surface area contributed by atoms with Crippen molar-refractivity contribution in [3.63, 3.8) is 0 Å². The van der Waals surface area contributed by atoms with Crippen LogP contribution in [0.2, 0.25) is 0 Å². The van der Waals surface area contributed by atoms with Crippen LogP contribution in [-0.4, -0.2) is 15.1 Å². The summed E-state index contributed by atoms with van der Waals surface area (Å²) in [5.74, 6) is 1.37. The molecule has 1 unspecified atom stereocenters. The van der Waals surface area contributed by atoms with E-state index in [2.05, 4.69) is 22.5 Å². The minimum absolute atomic E-state index is 0.412. The maximum absolute atomic E-state index is 6.01. The van der Waals surface area contributed by atoms with Crippen LogP contribution < -0.4 is 0 Å². The Balaban J connectivity index is 1.64. The van der Waals surface area contributed by atoms with Crippen LogP contribution in [-0.2, 0) is 0 Å². The van der Waals surface area contributed by atoms with E-state index in [4.69, 9.17) is 23.2 Å². The Bertz CT molecular complexity index is 539. The monoisotopic (exact) mass is 315 g/mol. The molecule has 1 nitrogen and oxygen atoms in total. The summed E-state index contributed by atoms with van der Waals surface area (Å²) in [6.07, 6.45) is 0.903. The molecular formula is C13H11Cl2NS2. The molecule has 0 aliphatic heterocycles. The van der Waals surface area contributed by atoms with Gasteiger partial charge in [0.25, 0.3) is 0 Å². The third-order valence-corrected chi connectivity index (χ3v) is 6.03. The highest BCUT2D eigenvalue weighted by molar-refractivity contribution is 8.01. The molecule has 1 atom stereocenters. The van der Waals surface area contributed by atoms with Gasteiger partial charge in [-0.15, -0.1) is 34.5 Å². The zero-order valence-corrected chi connectivity index (χ0v) is 12.6. The summed E-state index contributed by atoms with van der Waals surface area (Å²) >= 11 is 15.4. The highest BCUT2D eigenvalue weighted by Crippen LogP contribution is 2.55. The molecule has 1 saturated carbocycles. The van der Waals surface area contributed by atoms with Gasteiger partial charge in [0.05, 0.1) is 5.69 Å². The second-order valence-corrected chi connectivity index (χ2v) is 8.01. The molecule has 0 spiro atoms. The van der Waals surface area contributed by atoms with Crippen LogP contribution in [0.3, 0.4) is 0 Å². The van der Waals surface area contributed by atoms with Crippen molar-refractivity contribution < 1.29 is 0 Å². The van der Waals surface area contributed by atoms with Crippen LogP contribution in [0.5, 0.6) is 0 Å².